The summed E-state index contributed by atoms with van der Waals surface area (Å²) in [6, 6.07) is 11.0. The lowest BCUT2D eigenvalue weighted by Crippen LogP contribution is -2.29. The van der Waals surface area contributed by atoms with Crippen LogP contribution in [0.15, 0.2) is 30.3 Å². The molecule has 2 rings (SSSR count). The molecule has 16 heavy (non-hydrogen) atoms. The van der Waals surface area contributed by atoms with Crippen molar-refractivity contribution in [2.75, 3.05) is 18.8 Å². The number of hydrogen-bond donors (Lipinski definition) is 0. The molecule has 1 nitrogen and oxygen atoms in total. The van der Waals surface area contributed by atoms with Gasteiger partial charge < -0.3 is 0 Å². The molecule has 0 aromatic heterocycles. The summed E-state index contributed by atoms with van der Waals surface area (Å²) < 4.78 is 2.56. The molecule has 0 aliphatic carbocycles. The smallest absolute Gasteiger partial charge is 0.0158 e. The lowest BCUT2D eigenvalue weighted by molar-refractivity contribution is 0.342. The van der Waals surface area contributed by atoms with Crippen LogP contribution in [-0.2, 0) is 0 Å². The molecule has 1 aliphatic heterocycles. The first-order valence-electron chi connectivity index (χ1n) is 6.33. The molecule has 1 heterocycles. The van der Waals surface area contributed by atoms with Gasteiger partial charge in [-0.15, -0.1) is 0 Å². The standard InChI is InChI=1S/C14H21NS/c1-2-11-16-15-10-6-9-14(12-15)13-7-4-3-5-8-13/h3-5,7-8,14H,2,6,9-12H2,1H3. The molecule has 2 heteroatoms. The number of benzene rings is 1. The summed E-state index contributed by atoms with van der Waals surface area (Å²) in [5.74, 6) is 2.01. The van der Waals surface area contributed by atoms with Crippen molar-refractivity contribution in [3.8, 4) is 0 Å². The zero-order valence-corrected chi connectivity index (χ0v) is 10.9. The SMILES string of the molecule is CCCSN1CCCC(c2ccccc2)C1. The first-order valence-corrected chi connectivity index (χ1v) is 7.27. The highest BCUT2D eigenvalue weighted by Gasteiger charge is 2.20. The third-order valence-electron chi connectivity index (χ3n) is 3.13. The van der Waals surface area contributed by atoms with Crippen molar-refractivity contribution in [3.63, 3.8) is 0 Å². The Kier molecular flexibility index (Phi) is 4.73. The van der Waals surface area contributed by atoms with Gasteiger partial charge in [-0.2, -0.15) is 0 Å². The van der Waals surface area contributed by atoms with Crippen molar-refractivity contribution in [1.29, 1.82) is 0 Å². The lowest BCUT2D eigenvalue weighted by atomic mass is 9.92. The van der Waals surface area contributed by atoms with E-state index in [2.05, 4.69) is 41.6 Å². The van der Waals surface area contributed by atoms with E-state index in [1.54, 1.807) is 0 Å². The van der Waals surface area contributed by atoms with Crippen molar-refractivity contribution >= 4 is 11.9 Å². The summed E-state index contributed by atoms with van der Waals surface area (Å²) in [6.07, 6.45) is 3.97. The summed E-state index contributed by atoms with van der Waals surface area (Å²) in [7, 11) is 0. The first kappa shape index (κ1) is 12.0. The third-order valence-corrected chi connectivity index (χ3v) is 4.42. The number of piperidine rings is 1. The van der Waals surface area contributed by atoms with Crippen LogP contribution >= 0.6 is 11.9 Å². The van der Waals surface area contributed by atoms with Gasteiger partial charge in [0.15, 0.2) is 0 Å². The normalized spacial score (nSPS) is 22.2. The summed E-state index contributed by atoms with van der Waals surface area (Å²) in [4.78, 5) is 0. The summed E-state index contributed by atoms with van der Waals surface area (Å²) in [5, 5.41) is 0. The highest BCUT2D eigenvalue weighted by molar-refractivity contribution is 7.97. The van der Waals surface area contributed by atoms with Crippen LogP contribution in [-0.4, -0.2) is 23.1 Å². The van der Waals surface area contributed by atoms with Gasteiger partial charge in [-0.05, 0) is 30.7 Å². The Morgan fingerprint density at radius 3 is 2.88 bits per heavy atom. The molecular formula is C14H21NS. The molecule has 0 spiro atoms. The van der Waals surface area contributed by atoms with Crippen molar-refractivity contribution < 1.29 is 0 Å². The van der Waals surface area contributed by atoms with Crippen molar-refractivity contribution in [3.05, 3.63) is 35.9 Å². The van der Waals surface area contributed by atoms with Crippen molar-refractivity contribution in [2.24, 2.45) is 0 Å². The second kappa shape index (κ2) is 6.31. The fraction of sp³-hybridized carbons (Fsp3) is 0.571. The van der Waals surface area contributed by atoms with Gasteiger partial charge in [0.1, 0.15) is 0 Å². The number of rotatable bonds is 4. The molecule has 0 radical (unpaired) electrons. The monoisotopic (exact) mass is 235 g/mol. The summed E-state index contributed by atoms with van der Waals surface area (Å²) in [5.41, 5.74) is 1.52. The second-order valence-electron chi connectivity index (χ2n) is 4.47. The number of hydrogen-bond acceptors (Lipinski definition) is 2. The molecule has 1 aliphatic rings. The van der Waals surface area contributed by atoms with Crippen LogP contribution in [0.1, 0.15) is 37.7 Å². The van der Waals surface area contributed by atoms with Gasteiger partial charge >= 0.3 is 0 Å². The molecule has 0 amide bonds. The van der Waals surface area contributed by atoms with E-state index in [0.717, 1.165) is 5.92 Å². The lowest BCUT2D eigenvalue weighted by Gasteiger charge is -2.31. The Balaban J connectivity index is 1.91. The zero-order valence-electron chi connectivity index (χ0n) is 10.1. The van der Waals surface area contributed by atoms with Crippen molar-refractivity contribution in [1.82, 2.24) is 4.31 Å². The van der Waals surface area contributed by atoms with Gasteiger partial charge in [-0.25, -0.2) is 0 Å². The fourth-order valence-electron chi connectivity index (χ4n) is 2.28. The average Bonchev–Trinajstić information content (AvgIpc) is 2.38. The largest absolute Gasteiger partial charge is 0.250 e. The third kappa shape index (κ3) is 3.26. The van der Waals surface area contributed by atoms with Crippen LogP contribution in [0.3, 0.4) is 0 Å². The second-order valence-corrected chi connectivity index (χ2v) is 5.65. The predicted octanol–water partition coefficient (Wildman–Crippen LogP) is 3.92. The Bertz CT molecular complexity index is 299. The maximum absolute atomic E-state index is 2.56. The van der Waals surface area contributed by atoms with E-state index in [1.165, 1.54) is 43.7 Å². The molecule has 1 saturated heterocycles. The van der Waals surface area contributed by atoms with Gasteiger partial charge in [-0.3, -0.25) is 4.31 Å². The van der Waals surface area contributed by atoms with E-state index in [9.17, 15) is 0 Å². The molecule has 1 aromatic carbocycles. The van der Waals surface area contributed by atoms with E-state index < -0.39 is 0 Å². The quantitative estimate of drug-likeness (QED) is 0.728. The van der Waals surface area contributed by atoms with Gasteiger partial charge in [-0.1, -0.05) is 49.2 Å². The first-order chi connectivity index (χ1) is 7.90. The Morgan fingerprint density at radius 1 is 1.31 bits per heavy atom. The van der Waals surface area contributed by atoms with Crippen molar-refractivity contribution in [2.45, 2.75) is 32.1 Å². The molecule has 1 aromatic rings. The van der Waals surface area contributed by atoms with Crippen LogP contribution in [0, 0.1) is 0 Å². The van der Waals surface area contributed by atoms with E-state index >= 15 is 0 Å². The molecule has 88 valence electrons. The van der Waals surface area contributed by atoms with Gasteiger partial charge in [0, 0.05) is 18.8 Å². The topological polar surface area (TPSA) is 3.24 Å². The van der Waals surface area contributed by atoms with Crippen LogP contribution in [0.5, 0.6) is 0 Å². The fourth-order valence-corrected chi connectivity index (χ4v) is 3.26. The van der Waals surface area contributed by atoms with Crippen LogP contribution < -0.4 is 0 Å². The van der Waals surface area contributed by atoms with Gasteiger partial charge in [0.2, 0.25) is 0 Å². The van der Waals surface area contributed by atoms with E-state index in [4.69, 9.17) is 0 Å². The Morgan fingerprint density at radius 2 is 2.12 bits per heavy atom. The molecule has 1 unspecified atom stereocenters. The molecule has 0 N–H and O–H groups in total. The highest BCUT2D eigenvalue weighted by atomic mass is 32.2. The van der Waals surface area contributed by atoms with E-state index in [0.29, 0.717) is 0 Å². The molecule has 1 atom stereocenters. The molecule has 0 bridgehead atoms. The Hall–Kier alpha value is -0.470. The van der Waals surface area contributed by atoms with Crippen LogP contribution in [0.25, 0.3) is 0 Å². The predicted molar refractivity (Wildman–Crippen MR) is 72.7 cm³/mol. The zero-order chi connectivity index (χ0) is 11.2. The minimum absolute atomic E-state index is 0.749. The summed E-state index contributed by atoms with van der Waals surface area (Å²) >= 11 is 2.03. The molecule has 1 fully saturated rings. The molecule has 0 saturated carbocycles. The van der Waals surface area contributed by atoms with Gasteiger partial charge in [0.25, 0.3) is 0 Å². The highest BCUT2D eigenvalue weighted by Crippen LogP contribution is 2.29. The Labute approximate surface area is 103 Å². The molecular weight excluding hydrogens is 214 g/mol. The van der Waals surface area contributed by atoms with Crippen LogP contribution in [0.4, 0.5) is 0 Å². The summed E-state index contributed by atoms with van der Waals surface area (Å²) in [6.45, 7) is 4.76. The maximum Gasteiger partial charge on any atom is 0.0158 e. The minimum atomic E-state index is 0.749. The average molecular weight is 235 g/mol. The van der Waals surface area contributed by atoms with E-state index in [-0.39, 0.29) is 0 Å². The minimum Gasteiger partial charge on any atom is -0.250 e. The maximum atomic E-state index is 2.56. The number of nitrogens with zero attached hydrogens (tertiary/aromatic N) is 1. The van der Waals surface area contributed by atoms with Crippen LogP contribution in [0.2, 0.25) is 0 Å². The van der Waals surface area contributed by atoms with E-state index in [1.807, 2.05) is 11.9 Å². The van der Waals surface area contributed by atoms with Gasteiger partial charge in [0.05, 0.1) is 0 Å².